The molecule has 1 N–H and O–H groups in total. The van der Waals surface area contributed by atoms with E-state index >= 15 is 0 Å². The molecule has 1 aliphatic carbocycles. The maximum Gasteiger partial charge on any atom is 0.255 e. The van der Waals surface area contributed by atoms with E-state index in [9.17, 15) is 13.2 Å². The number of amides is 1. The zero-order valence-electron chi connectivity index (χ0n) is 17.0. The number of fused-ring (bicyclic) bond motifs is 1. The highest BCUT2D eigenvalue weighted by Gasteiger charge is 2.29. The molecular formula is C22H26N2O5S. The molecule has 2 aliphatic rings. The van der Waals surface area contributed by atoms with Crippen molar-refractivity contribution >= 4 is 21.6 Å². The van der Waals surface area contributed by atoms with Gasteiger partial charge in [-0.1, -0.05) is 6.07 Å². The molecule has 0 unspecified atom stereocenters. The number of hydrogen-bond donors (Lipinski definition) is 1. The summed E-state index contributed by atoms with van der Waals surface area (Å²) in [7, 11) is -2.33. The van der Waals surface area contributed by atoms with Crippen LogP contribution in [-0.4, -0.2) is 52.0 Å². The first kappa shape index (κ1) is 20.8. The van der Waals surface area contributed by atoms with Crippen LogP contribution in [0.4, 0.5) is 5.69 Å². The molecule has 0 atom stereocenters. The standard InChI is InChI=1S/C22H26N2O5S/c1-28-20-9-8-19(15-21(20)30(26,27)24-10-12-29-13-11-24)23-22(25)18-7-6-16-4-2-3-5-17(16)14-18/h6-9,14-15H,2-5,10-13H2,1H3,(H,23,25). The number of hydrogen-bond acceptors (Lipinski definition) is 5. The minimum atomic E-state index is -3.76. The Hall–Kier alpha value is -2.42. The summed E-state index contributed by atoms with van der Waals surface area (Å²) in [4.78, 5) is 12.8. The van der Waals surface area contributed by atoms with Crippen LogP contribution >= 0.6 is 0 Å². The molecule has 2 aromatic carbocycles. The Morgan fingerprint density at radius 3 is 2.50 bits per heavy atom. The summed E-state index contributed by atoms with van der Waals surface area (Å²) in [6.07, 6.45) is 4.36. The van der Waals surface area contributed by atoms with E-state index in [-0.39, 0.29) is 29.6 Å². The highest BCUT2D eigenvalue weighted by atomic mass is 32.2. The second kappa shape index (κ2) is 8.75. The molecule has 4 rings (SSSR count). The van der Waals surface area contributed by atoms with E-state index in [0.717, 1.165) is 19.3 Å². The molecule has 1 amide bonds. The third kappa shape index (κ3) is 4.21. The zero-order chi connectivity index (χ0) is 21.1. The molecule has 0 saturated carbocycles. The Kier molecular flexibility index (Phi) is 6.08. The van der Waals surface area contributed by atoms with Crippen LogP contribution in [0.5, 0.6) is 5.75 Å². The summed E-state index contributed by atoms with van der Waals surface area (Å²) < 4.78 is 38.1. The molecule has 0 bridgehead atoms. The summed E-state index contributed by atoms with van der Waals surface area (Å²) in [6.45, 7) is 1.29. The van der Waals surface area contributed by atoms with E-state index in [1.807, 2.05) is 18.2 Å². The molecule has 1 fully saturated rings. The average Bonchev–Trinajstić information content (AvgIpc) is 2.79. The van der Waals surface area contributed by atoms with Gasteiger partial charge in [-0.3, -0.25) is 4.79 Å². The van der Waals surface area contributed by atoms with Gasteiger partial charge < -0.3 is 14.8 Å². The maximum absolute atomic E-state index is 13.1. The number of carbonyl (C=O) groups excluding carboxylic acids is 1. The zero-order valence-corrected chi connectivity index (χ0v) is 17.8. The van der Waals surface area contributed by atoms with Gasteiger partial charge in [-0.15, -0.1) is 0 Å². The van der Waals surface area contributed by atoms with Gasteiger partial charge in [0.25, 0.3) is 5.91 Å². The smallest absolute Gasteiger partial charge is 0.255 e. The molecule has 0 spiro atoms. The molecule has 30 heavy (non-hydrogen) atoms. The van der Waals surface area contributed by atoms with Gasteiger partial charge in [-0.05, 0) is 67.1 Å². The number of anilines is 1. The number of nitrogens with one attached hydrogen (secondary N) is 1. The van der Waals surface area contributed by atoms with Crippen LogP contribution in [0.1, 0.15) is 34.3 Å². The van der Waals surface area contributed by atoms with Crippen LogP contribution in [0.2, 0.25) is 0 Å². The van der Waals surface area contributed by atoms with E-state index in [1.165, 1.54) is 35.0 Å². The van der Waals surface area contributed by atoms with Crippen molar-refractivity contribution in [2.75, 3.05) is 38.7 Å². The van der Waals surface area contributed by atoms with Gasteiger partial charge in [-0.2, -0.15) is 4.31 Å². The fourth-order valence-electron chi connectivity index (χ4n) is 3.96. The van der Waals surface area contributed by atoms with Crippen molar-refractivity contribution in [1.29, 1.82) is 0 Å². The number of rotatable bonds is 5. The molecule has 1 saturated heterocycles. The number of benzene rings is 2. The molecule has 7 nitrogen and oxygen atoms in total. The summed E-state index contributed by atoms with van der Waals surface area (Å²) in [5.74, 6) is -0.0171. The molecular weight excluding hydrogens is 404 g/mol. The van der Waals surface area contributed by atoms with Crippen molar-refractivity contribution in [2.24, 2.45) is 0 Å². The summed E-state index contributed by atoms with van der Waals surface area (Å²) in [5, 5.41) is 2.83. The first-order valence-electron chi connectivity index (χ1n) is 10.2. The quantitative estimate of drug-likeness (QED) is 0.789. The maximum atomic E-state index is 13.1. The van der Waals surface area contributed by atoms with Gasteiger partial charge in [0.1, 0.15) is 10.6 Å². The van der Waals surface area contributed by atoms with Crippen molar-refractivity contribution in [2.45, 2.75) is 30.6 Å². The van der Waals surface area contributed by atoms with Gasteiger partial charge in [0.15, 0.2) is 0 Å². The summed E-state index contributed by atoms with van der Waals surface area (Å²) >= 11 is 0. The lowest BCUT2D eigenvalue weighted by Gasteiger charge is -2.26. The fraction of sp³-hybridized carbons (Fsp3) is 0.409. The van der Waals surface area contributed by atoms with Gasteiger partial charge in [0, 0.05) is 24.3 Å². The molecule has 1 aliphatic heterocycles. The van der Waals surface area contributed by atoms with Gasteiger partial charge in [-0.25, -0.2) is 8.42 Å². The lowest BCUT2D eigenvalue weighted by atomic mass is 9.90. The van der Waals surface area contributed by atoms with Gasteiger partial charge in [0.05, 0.1) is 20.3 Å². The van der Waals surface area contributed by atoms with Crippen LogP contribution in [0, 0.1) is 0 Å². The summed E-state index contributed by atoms with van der Waals surface area (Å²) in [6, 6.07) is 10.5. The number of nitrogens with zero attached hydrogens (tertiary/aromatic N) is 1. The van der Waals surface area contributed by atoms with Gasteiger partial charge in [0.2, 0.25) is 10.0 Å². The minimum Gasteiger partial charge on any atom is -0.495 e. The Balaban J connectivity index is 1.59. The van der Waals surface area contributed by atoms with E-state index in [2.05, 4.69) is 5.32 Å². The van der Waals surface area contributed by atoms with Crippen LogP contribution in [0.25, 0.3) is 0 Å². The normalized spacial score (nSPS) is 17.2. The van der Waals surface area contributed by atoms with Crippen molar-refractivity contribution in [1.82, 2.24) is 4.31 Å². The van der Waals surface area contributed by atoms with Crippen molar-refractivity contribution in [3.8, 4) is 5.75 Å². The van der Waals surface area contributed by atoms with E-state index in [1.54, 1.807) is 12.1 Å². The monoisotopic (exact) mass is 430 g/mol. The Morgan fingerprint density at radius 2 is 1.77 bits per heavy atom. The number of carbonyl (C=O) groups is 1. The number of morpholine rings is 1. The van der Waals surface area contributed by atoms with E-state index < -0.39 is 10.0 Å². The fourth-order valence-corrected chi connectivity index (χ4v) is 5.55. The topological polar surface area (TPSA) is 84.9 Å². The van der Waals surface area contributed by atoms with Crippen molar-refractivity contribution < 1.29 is 22.7 Å². The molecule has 0 aromatic heterocycles. The number of aryl methyl sites for hydroxylation is 2. The lowest BCUT2D eigenvalue weighted by molar-refractivity contribution is 0.0729. The van der Waals surface area contributed by atoms with Crippen molar-refractivity contribution in [3.63, 3.8) is 0 Å². The first-order chi connectivity index (χ1) is 14.5. The molecule has 1 heterocycles. The van der Waals surface area contributed by atoms with E-state index in [0.29, 0.717) is 24.5 Å². The van der Waals surface area contributed by atoms with Crippen LogP contribution in [0.15, 0.2) is 41.3 Å². The van der Waals surface area contributed by atoms with Crippen LogP contribution < -0.4 is 10.1 Å². The average molecular weight is 431 g/mol. The van der Waals surface area contributed by atoms with Crippen LogP contribution in [-0.2, 0) is 27.6 Å². The SMILES string of the molecule is COc1ccc(NC(=O)c2ccc3c(c2)CCCC3)cc1S(=O)(=O)N1CCOCC1. The highest BCUT2D eigenvalue weighted by molar-refractivity contribution is 7.89. The number of ether oxygens (including phenoxy) is 2. The second-order valence-electron chi connectivity index (χ2n) is 7.53. The first-order valence-corrected chi connectivity index (χ1v) is 11.6. The Bertz CT molecular complexity index is 1050. The largest absolute Gasteiger partial charge is 0.495 e. The molecule has 2 aromatic rings. The van der Waals surface area contributed by atoms with Crippen molar-refractivity contribution in [3.05, 3.63) is 53.1 Å². The third-order valence-corrected chi connectivity index (χ3v) is 7.54. The Labute approximate surface area is 177 Å². The van der Waals surface area contributed by atoms with Crippen LogP contribution in [0.3, 0.4) is 0 Å². The third-order valence-electron chi connectivity index (χ3n) is 5.62. The minimum absolute atomic E-state index is 0.0372. The predicted molar refractivity (Wildman–Crippen MR) is 114 cm³/mol. The number of methoxy groups -OCH3 is 1. The number of sulfonamides is 1. The molecule has 160 valence electrons. The van der Waals surface area contributed by atoms with Gasteiger partial charge >= 0.3 is 0 Å². The second-order valence-corrected chi connectivity index (χ2v) is 9.43. The predicted octanol–water partition coefficient (Wildman–Crippen LogP) is 2.85. The Morgan fingerprint density at radius 1 is 1.03 bits per heavy atom. The molecule has 0 radical (unpaired) electrons. The highest BCUT2D eigenvalue weighted by Crippen LogP contribution is 2.30. The van der Waals surface area contributed by atoms with E-state index in [4.69, 9.17) is 9.47 Å². The lowest BCUT2D eigenvalue weighted by Crippen LogP contribution is -2.40. The summed E-state index contributed by atoms with van der Waals surface area (Å²) in [5.41, 5.74) is 3.51. The molecule has 8 heteroatoms.